The first-order valence-electron chi connectivity index (χ1n) is 14.6. The van der Waals surface area contributed by atoms with E-state index in [4.69, 9.17) is 36.5 Å². The Morgan fingerprint density at radius 3 is 2.08 bits per heavy atom. The number of phosphoric acid groups is 1. The van der Waals surface area contributed by atoms with Crippen LogP contribution in [0.5, 0.6) is 5.75 Å². The number of thiocarbonyl (C=S) groups is 1. The van der Waals surface area contributed by atoms with Crippen molar-refractivity contribution in [2.75, 3.05) is 34.0 Å². The molecule has 1 unspecified atom stereocenters. The lowest BCUT2D eigenvalue weighted by molar-refractivity contribution is -0.0197. The maximum Gasteiger partial charge on any atom is 0.527 e. The lowest BCUT2D eigenvalue weighted by Crippen LogP contribution is -2.31. The fourth-order valence-corrected chi connectivity index (χ4v) is 5.04. The Morgan fingerprint density at radius 2 is 1.54 bits per heavy atom. The van der Waals surface area contributed by atoms with Gasteiger partial charge in [-0.2, -0.15) is 0 Å². The molecule has 0 saturated heterocycles. The third-order valence-corrected chi connectivity index (χ3v) is 7.85. The predicted molar refractivity (Wildman–Crippen MR) is 163 cm³/mol. The number of benzene rings is 1. The van der Waals surface area contributed by atoms with Crippen molar-refractivity contribution in [2.45, 2.75) is 109 Å². The first kappa shape index (κ1) is 35.8. The number of hydrogen-bond acceptors (Lipinski definition) is 6. The molecule has 2 atom stereocenters. The Hall–Kier alpha value is -1.22. The molecule has 0 heterocycles. The summed E-state index contributed by atoms with van der Waals surface area (Å²) in [6, 6.07) is 6.81. The summed E-state index contributed by atoms with van der Waals surface area (Å²) < 4.78 is 33.9. The SMILES string of the molecule is CCCCCCCCCCCCCCCCOC[C@H](COP(=O)(O)Oc1cccc(CN(C)C(N)=S)c1)OC. The molecular formula is C29H53N2O6PS. The second-order valence-corrected chi connectivity index (χ2v) is 12.0. The van der Waals surface area contributed by atoms with Gasteiger partial charge in [-0.1, -0.05) is 103 Å². The van der Waals surface area contributed by atoms with Crippen molar-refractivity contribution in [2.24, 2.45) is 5.73 Å². The van der Waals surface area contributed by atoms with Crippen molar-refractivity contribution < 1.29 is 28.0 Å². The Morgan fingerprint density at radius 1 is 0.974 bits per heavy atom. The summed E-state index contributed by atoms with van der Waals surface area (Å²) in [7, 11) is -1.04. The molecular weight excluding hydrogens is 535 g/mol. The molecule has 1 rings (SSSR count). The number of unbranched alkanes of at least 4 members (excludes halogenated alkanes) is 13. The number of phosphoric ester groups is 1. The van der Waals surface area contributed by atoms with E-state index in [2.05, 4.69) is 6.92 Å². The van der Waals surface area contributed by atoms with Crippen LogP contribution in [0.25, 0.3) is 0 Å². The molecule has 0 bridgehead atoms. The summed E-state index contributed by atoms with van der Waals surface area (Å²) in [6.07, 6.45) is 18.0. The van der Waals surface area contributed by atoms with Gasteiger partial charge in [-0.25, -0.2) is 4.57 Å². The van der Waals surface area contributed by atoms with Crippen LogP contribution in [-0.2, 0) is 25.1 Å². The molecule has 0 spiro atoms. The van der Waals surface area contributed by atoms with Gasteiger partial charge in [0.05, 0.1) is 13.2 Å². The van der Waals surface area contributed by atoms with Crippen LogP contribution in [0, 0.1) is 0 Å². The highest BCUT2D eigenvalue weighted by Gasteiger charge is 2.25. The lowest BCUT2D eigenvalue weighted by Gasteiger charge is -2.19. The van der Waals surface area contributed by atoms with Crippen molar-refractivity contribution in [1.82, 2.24) is 4.90 Å². The highest BCUT2D eigenvalue weighted by molar-refractivity contribution is 7.80. The van der Waals surface area contributed by atoms with Crippen LogP contribution in [-0.4, -0.2) is 55.0 Å². The lowest BCUT2D eigenvalue weighted by atomic mass is 10.0. The molecule has 0 radical (unpaired) electrons. The van der Waals surface area contributed by atoms with Crippen LogP contribution >= 0.6 is 20.0 Å². The molecule has 0 aliphatic carbocycles. The number of hydrogen-bond donors (Lipinski definition) is 2. The van der Waals surface area contributed by atoms with Crippen molar-refractivity contribution in [1.29, 1.82) is 0 Å². The van der Waals surface area contributed by atoms with Gasteiger partial charge in [-0.05, 0) is 36.3 Å². The summed E-state index contributed by atoms with van der Waals surface area (Å²) in [5.74, 6) is 0.220. The molecule has 8 nitrogen and oxygen atoms in total. The molecule has 226 valence electrons. The number of nitrogens with zero attached hydrogens (tertiary/aromatic N) is 1. The smallest absolute Gasteiger partial charge is 0.404 e. The van der Waals surface area contributed by atoms with Gasteiger partial charge in [-0.3, -0.25) is 9.42 Å². The van der Waals surface area contributed by atoms with E-state index in [9.17, 15) is 9.46 Å². The van der Waals surface area contributed by atoms with Crippen molar-refractivity contribution in [3.8, 4) is 5.75 Å². The quantitative estimate of drug-likeness (QED) is 0.0688. The van der Waals surface area contributed by atoms with Crippen molar-refractivity contribution in [3.05, 3.63) is 29.8 Å². The fourth-order valence-electron chi connectivity index (χ4n) is 4.19. The van der Waals surface area contributed by atoms with E-state index < -0.39 is 13.9 Å². The van der Waals surface area contributed by atoms with Crippen LogP contribution in [0.2, 0.25) is 0 Å². The highest BCUT2D eigenvalue weighted by atomic mass is 32.1. The van der Waals surface area contributed by atoms with E-state index >= 15 is 0 Å². The topological polar surface area (TPSA) is 103 Å². The third kappa shape index (κ3) is 19.5. The van der Waals surface area contributed by atoms with E-state index in [0.717, 1.165) is 18.4 Å². The van der Waals surface area contributed by atoms with Crippen LogP contribution in [0.3, 0.4) is 0 Å². The first-order valence-corrected chi connectivity index (χ1v) is 16.5. The van der Waals surface area contributed by atoms with Crippen LogP contribution in [0.1, 0.15) is 102 Å². The van der Waals surface area contributed by atoms with Gasteiger partial charge in [0.25, 0.3) is 0 Å². The molecule has 1 aromatic rings. The van der Waals surface area contributed by atoms with Gasteiger partial charge in [0.2, 0.25) is 0 Å². The summed E-state index contributed by atoms with van der Waals surface area (Å²) in [6.45, 7) is 3.52. The third-order valence-electron chi connectivity index (χ3n) is 6.62. The van der Waals surface area contributed by atoms with Gasteiger partial charge in [-0.15, -0.1) is 0 Å². The molecule has 39 heavy (non-hydrogen) atoms. The maximum absolute atomic E-state index is 12.4. The zero-order valence-corrected chi connectivity index (χ0v) is 26.2. The molecule has 0 aliphatic rings. The fraction of sp³-hybridized carbons (Fsp3) is 0.759. The predicted octanol–water partition coefficient (Wildman–Crippen LogP) is 7.37. The van der Waals surface area contributed by atoms with Gasteiger partial charge in [0, 0.05) is 27.3 Å². The number of methoxy groups -OCH3 is 1. The van der Waals surface area contributed by atoms with Gasteiger partial charge in [0.1, 0.15) is 11.9 Å². The largest absolute Gasteiger partial charge is 0.527 e. The number of rotatable bonds is 25. The molecule has 0 fully saturated rings. The molecule has 10 heteroatoms. The van der Waals surface area contributed by atoms with E-state index in [0.29, 0.717) is 13.2 Å². The van der Waals surface area contributed by atoms with E-state index in [-0.39, 0.29) is 24.1 Å². The summed E-state index contributed by atoms with van der Waals surface area (Å²) in [4.78, 5) is 11.8. The van der Waals surface area contributed by atoms with E-state index in [1.807, 2.05) is 6.07 Å². The monoisotopic (exact) mass is 588 g/mol. The average molecular weight is 589 g/mol. The Bertz CT molecular complexity index is 816. The standard InChI is InChI=1S/C29H53N2O6PS/c1-4-5-6-7-8-9-10-11-12-13-14-15-16-17-21-35-24-28(34-3)25-36-38(32,33)37-27-20-18-19-26(22-27)23-31(2)29(30)39/h18-20,22,28H,4-17,21,23-25H2,1-3H3,(H2,30,39)(H,32,33)/t28-/m1/s1. The van der Waals surface area contributed by atoms with E-state index in [1.165, 1.54) is 84.2 Å². The van der Waals surface area contributed by atoms with Crippen LogP contribution in [0.15, 0.2) is 24.3 Å². The molecule has 0 amide bonds. The second kappa shape index (κ2) is 22.5. The van der Waals surface area contributed by atoms with Crippen molar-refractivity contribution >= 4 is 25.2 Å². The summed E-state index contributed by atoms with van der Waals surface area (Å²) >= 11 is 4.95. The van der Waals surface area contributed by atoms with E-state index in [1.54, 1.807) is 30.1 Å². The minimum absolute atomic E-state index is 0.118. The van der Waals surface area contributed by atoms with Crippen LogP contribution in [0.4, 0.5) is 0 Å². The molecule has 1 aromatic carbocycles. The Balaban J connectivity index is 2.11. The van der Waals surface area contributed by atoms with Crippen LogP contribution < -0.4 is 10.3 Å². The second-order valence-electron chi connectivity index (χ2n) is 10.2. The summed E-state index contributed by atoms with van der Waals surface area (Å²) in [5.41, 5.74) is 6.44. The number of nitrogens with two attached hydrogens (primary N) is 1. The first-order chi connectivity index (χ1) is 18.8. The minimum Gasteiger partial charge on any atom is -0.404 e. The zero-order chi connectivity index (χ0) is 28.8. The normalized spacial score (nSPS) is 13.6. The zero-order valence-electron chi connectivity index (χ0n) is 24.5. The highest BCUT2D eigenvalue weighted by Crippen LogP contribution is 2.44. The number of ether oxygens (including phenoxy) is 2. The molecule has 3 N–H and O–H groups in total. The Labute approximate surface area is 242 Å². The van der Waals surface area contributed by atoms with Gasteiger partial charge < -0.3 is 24.6 Å². The van der Waals surface area contributed by atoms with Crippen molar-refractivity contribution in [3.63, 3.8) is 0 Å². The van der Waals surface area contributed by atoms with Gasteiger partial charge in [0.15, 0.2) is 5.11 Å². The maximum atomic E-state index is 12.4. The molecule has 0 aromatic heterocycles. The Kier molecular flexibility index (Phi) is 20.6. The molecule has 0 aliphatic heterocycles. The average Bonchev–Trinajstić information content (AvgIpc) is 2.90. The molecule has 0 saturated carbocycles. The van der Waals surface area contributed by atoms with Gasteiger partial charge >= 0.3 is 7.82 Å². The minimum atomic E-state index is -4.33. The summed E-state index contributed by atoms with van der Waals surface area (Å²) in [5, 5.41) is 0.259.